The highest BCUT2D eigenvalue weighted by molar-refractivity contribution is 5.88. The lowest BCUT2D eigenvalue weighted by molar-refractivity contribution is -0.373. The summed E-state index contributed by atoms with van der Waals surface area (Å²) in [5.74, 6) is -1.60. The molecule has 16 heteroatoms. The van der Waals surface area contributed by atoms with Crippen molar-refractivity contribution < 1.29 is 78.6 Å². The number of carboxylic acid groups (broad SMARTS) is 1. The number of rotatable bonds is 9. The average molecular weight is 837 g/mol. The van der Waals surface area contributed by atoms with E-state index in [1.165, 1.54) is 0 Å². The van der Waals surface area contributed by atoms with Crippen LogP contribution in [0.3, 0.4) is 0 Å². The van der Waals surface area contributed by atoms with Crippen molar-refractivity contribution in [1.82, 2.24) is 0 Å². The van der Waals surface area contributed by atoms with Crippen LogP contribution in [0.2, 0.25) is 0 Å². The van der Waals surface area contributed by atoms with E-state index in [1.807, 2.05) is 6.08 Å². The molecule has 7 N–H and O–H groups in total. The van der Waals surface area contributed by atoms with Crippen molar-refractivity contribution in [2.24, 2.45) is 50.7 Å². The number of fused-ring (bicyclic) bond motifs is 2. The van der Waals surface area contributed by atoms with Gasteiger partial charge in [0, 0.05) is 12.0 Å². The van der Waals surface area contributed by atoms with Crippen molar-refractivity contribution >= 4 is 17.9 Å². The Morgan fingerprint density at radius 3 is 2.19 bits per heavy atom. The lowest BCUT2D eigenvalue weighted by Crippen LogP contribution is -2.66. The number of aliphatic hydroxyl groups excluding tert-OH is 6. The number of ether oxygens (including phenoxy) is 6. The molecule has 0 aromatic rings. The van der Waals surface area contributed by atoms with Crippen LogP contribution in [0.15, 0.2) is 11.6 Å². The van der Waals surface area contributed by atoms with Gasteiger partial charge in [-0.2, -0.15) is 0 Å². The van der Waals surface area contributed by atoms with Crippen molar-refractivity contribution in [3.05, 3.63) is 11.6 Å². The Labute approximate surface area is 344 Å². The van der Waals surface area contributed by atoms with E-state index in [4.69, 9.17) is 28.4 Å². The van der Waals surface area contributed by atoms with E-state index in [0.29, 0.717) is 36.7 Å². The minimum absolute atomic E-state index is 0.0147. The van der Waals surface area contributed by atoms with Gasteiger partial charge in [-0.05, 0) is 117 Å². The zero-order chi connectivity index (χ0) is 42.8. The number of esters is 2. The van der Waals surface area contributed by atoms with Gasteiger partial charge in [0.15, 0.2) is 18.7 Å². The van der Waals surface area contributed by atoms with Gasteiger partial charge in [-0.15, -0.1) is 0 Å². The summed E-state index contributed by atoms with van der Waals surface area (Å²) in [6.45, 7) is 9.92. The number of carbonyl (C=O) groups excluding carboxylic acids is 2. The third-order valence-corrected chi connectivity index (χ3v) is 18.1. The van der Waals surface area contributed by atoms with Gasteiger partial charge in [0.1, 0.15) is 48.8 Å². The molecule has 0 amide bonds. The van der Waals surface area contributed by atoms with Crippen LogP contribution in [0.25, 0.3) is 0 Å². The van der Waals surface area contributed by atoms with E-state index in [2.05, 4.69) is 20.8 Å². The number of cyclic esters (lactones) is 1. The van der Waals surface area contributed by atoms with Crippen LogP contribution in [0.5, 0.6) is 0 Å². The number of aliphatic hydroxyl groups is 6. The molecule has 21 atom stereocenters. The molecule has 8 rings (SSSR count). The summed E-state index contributed by atoms with van der Waals surface area (Å²) in [6, 6.07) is 0. The molecule has 5 saturated carbocycles. The van der Waals surface area contributed by atoms with Crippen LogP contribution in [0.4, 0.5) is 0 Å². The third-order valence-electron chi connectivity index (χ3n) is 18.1. The summed E-state index contributed by atoms with van der Waals surface area (Å²) in [4.78, 5) is 39.1. The monoisotopic (exact) mass is 836 g/mol. The van der Waals surface area contributed by atoms with Crippen molar-refractivity contribution in [3.63, 3.8) is 0 Å². The van der Waals surface area contributed by atoms with Crippen LogP contribution in [0.1, 0.15) is 98.8 Å². The summed E-state index contributed by atoms with van der Waals surface area (Å²) in [5, 5.41) is 74.9. The largest absolute Gasteiger partial charge is 0.481 e. The van der Waals surface area contributed by atoms with E-state index < -0.39 is 91.5 Å². The summed E-state index contributed by atoms with van der Waals surface area (Å²) >= 11 is 0. The molecule has 3 aliphatic heterocycles. The van der Waals surface area contributed by atoms with E-state index >= 15 is 0 Å². The Balaban J connectivity index is 1.05. The van der Waals surface area contributed by atoms with Crippen molar-refractivity contribution in [1.29, 1.82) is 0 Å². The fourth-order valence-electron chi connectivity index (χ4n) is 14.6. The molecule has 8 aliphatic rings. The first-order valence-corrected chi connectivity index (χ1v) is 21.6. The van der Waals surface area contributed by atoms with E-state index in [0.717, 1.165) is 52.1 Å². The second-order valence-corrected chi connectivity index (χ2v) is 20.1. The van der Waals surface area contributed by atoms with E-state index in [9.17, 15) is 50.1 Å². The molecule has 2 spiro atoms. The standard InChI is InChI=1S/C43H64O16/c1-19-7-8-22(55-34(19)50)20(2)21-11-13-40(4)24-9-10-25-41(5,38(52)53)26(12-14-42(25)18-43(24,42)16-15-39(21,40)3)57-37-33(30(48)29(47)32(58-37)35(51)54-6)59-36-31(49)28(46)27(45)23(17-44)56-36/h7,20-33,36-37,44-49H,8-18H2,1-6H3,(H,52,53)/t20-,21+,22-,23+,24-,25-,26-,27+,28-,29-,30-,31+,32-,33+,36-,37+,39+,40-,41+,42+,43-/m0/s1. The van der Waals surface area contributed by atoms with Gasteiger partial charge in [-0.25, -0.2) is 9.59 Å². The highest BCUT2D eigenvalue weighted by atomic mass is 16.8. The number of carbonyl (C=O) groups is 3. The molecule has 0 aromatic carbocycles. The Morgan fingerprint density at radius 2 is 1.53 bits per heavy atom. The maximum Gasteiger partial charge on any atom is 0.337 e. The van der Waals surface area contributed by atoms with Crippen LogP contribution >= 0.6 is 0 Å². The minimum Gasteiger partial charge on any atom is -0.481 e. The second-order valence-electron chi connectivity index (χ2n) is 20.1. The van der Waals surface area contributed by atoms with Crippen molar-refractivity contribution in [2.75, 3.05) is 13.7 Å². The molecule has 3 heterocycles. The molecule has 5 aliphatic carbocycles. The first kappa shape index (κ1) is 43.4. The highest BCUT2D eigenvalue weighted by Crippen LogP contribution is 2.89. The molecular formula is C43H64O16. The molecule has 0 unspecified atom stereocenters. The topological polar surface area (TPSA) is 248 Å². The SMILES string of the molecule is COC(=O)[C@H]1O[C@@H](O[C@H]2CC[C@]34C[C@]35CC[C@]3(C)[C@@H]([C@H](C)[C@@H]6CC=C(C)C(=O)O6)CC[C@@]3(C)[C@@H]5CC[C@H]4[C@@]2(C)C(=O)O)[C@H](O[C@@H]2O[C@H](CO)[C@@H](O)[C@H](O)[C@H]2O)[C@@H](O)[C@@H]1O. The first-order chi connectivity index (χ1) is 27.8. The van der Waals surface area contributed by atoms with Gasteiger partial charge in [0.2, 0.25) is 0 Å². The number of methoxy groups -OCH3 is 1. The minimum atomic E-state index is -1.92. The van der Waals surface area contributed by atoms with Gasteiger partial charge < -0.3 is 64.2 Å². The zero-order valence-electron chi connectivity index (χ0n) is 34.9. The van der Waals surface area contributed by atoms with Gasteiger partial charge in [-0.1, -0.05) is 26.8 Å². The number of hydrogen-bond donors (Lipinski definition) is 7. The van der Waals surface area contributed by atoms with Gasteiger partial charge in [0.25, 0.3) is 0 Å². The number of hydrogen-bond acceptors (Lipinski definition) is 15. The van der Waals surface area contributed by atoms with Gasteiger partial charge in [0.05, 0.1) is 25.2 Å². The molecule has 332 valence electrons. The maximum absolute atomic E-state index is 13.7. The van der Waals surface area contributed by atoms with E-state index in [-0.39, 0.29) is 45.6 Å². The zero-order valence-corrected chi connectivity index (χ0v) is 34.9. The van der Waals surface area contributed by atoms with Gasteiger partial charge in [-0.3, -0.25) is 4.79 Å². The normalized spacial score (nSPS) is 53.4. The lowest BCUT2D eigenvalue weighted by atomic mass is 9.41. The van der Waals surface area contributed by atoms with Crippen LogP contribution in [-0.2, 0) is 42.8 Å². The summed E-state index contributed by atoms with van der Waals surface area (Å²) in [6.07, 6.45) is -8.33. The maximum atomic E-state index is 13.7. The Kier molecular flexibility index (Phi) is 11.0. The Morgan fingerprint density at radius 1 is 0.831 bits per heavy atom. The van der Waals surface area contributed by atoms with E-state index in [1.54, 1.807) is 13.8 Å². The van der Waals surface area contributed by atoms with Crippen LogP contribution in [-0.4, -0.2) is 141 Å². The summed E-state index contributed by atoms with van der Waals surface area (Å²) in [5.41, 5.74) is -1.02. The Bertz CT molecular complexity index is 1700. The predicted molar refractivity (Wildman–Crippen MR) is 202 cm³/mol. The lowest BCUT2D eigenvalue weighted by Gasteiger charge is -2.63. The van der Waals surface area contributed by atoms with Crippen LogP contribution < -0.4 is 0 Å². The predicted octanol–water partition coefficient (Wildman–Crippen LogP) is 1.58. The average Bonchev–Trinajstić information content (AvgIpc) is 3.80. The number of carboxylic acids is 1. The molecule has 2 saturated heterocycles. The second kappa shape index (κ2) is 14.9. The molecule has 59 heavy (non-hydrogen) atoms. The number of aliphatic carboxylic acids is 1. The summed E-state index contributed by atoms with van der Waals surface area (Å²) < 4.78 is 34.7. The molecule has 7 fully saturated rings. The molecule has 16 nitrogen and oxygen atoms in total. The van der Waals surface area contributed by atoms with Crippen molar-refractivity contribution in [3.8, 4) is 0 Å². The smallest absolute Gasteiger partial charge is 0.337 e. The summed E-state index contributed by atoms with van der Waals surface area (Å²) in [7, 11) is 1.08. The van der Waals surface area contributed by atoms with Crippen molar-refractivity contribution in [2.45, 2.75) is 172 Å². The van der Waals surface area contributed by atoms with Gasteiger partial charge >= 0.3 is 17.9 Å². The molecule has 0 aromatic heterocycles. The fraction of sp³-hybridized carbons (Fsp3) is 0.884. The molecule has 0 bridgehead atoms. The fourth-order valence-corrected chi connectivity index (χ4v) is 14.6. The quantitative estimate of drug-likeness (QED) is 0.129. The highest BCUT2D eigenvalue weighted by Gasteiger charge is 2.83. The molecular weight excluding hydrogens is 772 g/mol. The first-order valence-electron chi connectivity index (χ1n) is 21.6. The molecule has 0 radical (unpaired) electrons. The Hall–Kier alpha value is -2.25. The van der Waals surface area contributed by atoms with Crippen LogP contribution in [0, 0.1) is 50.7 Å². The third kappa shape index (κ3) is 6.08.